The molecule has 0 bridgehead atoms. The number of benzene rings is 3. The fourth-order valence-electron chi connectivity index (χ4n) is 3.55. The number of carbonyl (C=O) groups excluding carboxylic acids is 2. The first-order valence-corrected chi connectivity index (χ1v) is 12.9. The van der Waals surface area contributed by atoms with Crippen molar-refractivity contribution < 1.29 is 19.1 Å². The number of amides is 1. The zero-order valence-electron chi connectivity index (χ0n) is 19.3. The molecule has 0 aliphatic heterocycles. The first-order valence-electron chi connectivity index (χ1n) is 11.2. The highest BCUT2D eigenvalue weighted by molar-refractivity contribution is 7.21. The normalized spacial score (nSPS) is 10.8. The van der Waals surface area contributed by atoms with Crippen molar-refractivity contribution in [2.24, 2.45) is 0 Å². The highest BCUT2D eigenvalue weighted by Crippen LogP contribution is 2.32. The third-order valence-electron chi connectivity index (χ3n) is 5.22. The van der Waals surface area contributed by atoms with Crippen molar-refractivity contribution >= 4 is 49.9 Å². The Morgan fingerprint density at radius 3 is 2.53 bits per heavy atom. The molecule has 0 fully saturated rings. The van der Waals surface area contributed by atoms with Gasteiger partial charge in [0.2, 0.25) is 0 Å². The minimum atomic E-state index is -0.589. The van der Waals surface area contributed by atoms with Gasteiger partial charge in [0, 0.05) is 16.5 Å². The van der Waals surface area contributed by atoms with Crippen LogP contribution in [0.3, 0.4) is 0 Å². The zero-order chi connectivity index (χ0) is 24.9. The van der Waals surface area contributed by atoms with Gasteiger partial charge < -0.3 is 9.47 Å². The third kappa shape index (κ3) is 5.27. The third-order valence-corrected chi connectivity index (χ3v) is 7.04. The standard InChI is InChI=1S/C27H21N3O4S2/c1-2-33-18-13-11-17(12-14-18)22-16-35-27(29-22)30-24(31)15-34-26(32)20-8-4-3-7-19(20)25-28-21-9-5-6-10-23(21)36-25/h3-14,16H,2,15H2,1H3,(H,29,30,31). The first-order chi connectivity index (χ1) is 17.6. The van der Waals surface area contributed by atoms with Gasteiger partial charge in [-0.05, 0) is 49.4 Å². The SMILES string of the molecule is CCOc1ccc(-c2csc(NC(=O)COC(=O)c3ccccc3-c3nc4ccccc4s3)n2)cc1. The molecule has 3 aromatic carbocycles. The molecule has 5 aromatic rings. The summed E-state index contributed by atoms with van der Waals surface area (Å²) in [4.78, 5) is 34.4. The number of nitrogens with one attached hydrogen (secondary N) is 1. The van der Waals surface area contributed by atoms with Gasteiger partial charge in [0.1, 0.15) is 10.8 Å². The summed E-state index contributed by atoms with van der Waals surface area (Å²) in [6.07, 6.45) is 0. The number of anilines is 1. The molecule has 0 unspecified atom stereocenters. The number of thiazole rings is 2. The van der Waals surface area contributed by atoms with Crippen LogP contribution in [0.15, 0.2) is 78.2 Å². The van der Waals surface area contributed by atoms with Crippen LogP contribution in [0, 0.1) is 0 Å². The second-order valence-electron chi connectivity index (χ2n) is 7.65. The van der Waals surface area contributed by atoms with Crippen LogP contribution in [0.4, 0.5) is 5.13 Å². The van der Waals surface area contributed by atoms with Crippen molar-refractivity contribution in [3.05, 3.63) is 83.7 Å². The van der Waals surface area contributed by atoms with Gasteiger partial charge >= 0.3 is 5.97 Å². The number of nitrogens with zero attached hydrogens (tertiary/aromatic N) is 2. The lowest BCUT2D eigenvalue weighted by molar-refractivity contribution is -0.119. The van der Waals surface area contributed by atoms with Crippen molar-refractivity contribution in [2.75, 3.05) is 18.5 Å². The molecule has 1 amide bonds. The van der Waals surface area contributed by atoms with Crippen molar-refractivity contribution in [3.8, 4) is 27.6 Å². The summed E-state index contributed by atoms with van der Waals surface area (Å²) in [6, 6.07) is 22.5. The highest BCUT2D eigenvalue weighted by atomic mass is 32.1. The number of hydrogen-bond donors (Lipinski definition) is 1. The molecule has 0 atom stereocenters. The minimum Gasteiger partial charge on any atom is -0.494 e. The van der Waals surface area contributed by atoms with Gasteiger partial charge in [0.15, 0.2) is 11.7 Å². The quantitative estimate of drug-likeness (QED) is 0.245. The molecular formula is C27H21N3O4S2. The van der Waals surface area contributed by atoms with E-state index in [0.29, 0.717) is 22.9 Å². The van der Waals surface area contributed by atoms with Crippen LogP contribution >= 0.6 is 22.7 Å². The van der Waals surface area contributed by atoms with Crippen LogP contribution in [0.5, 0.6) is 5.75 Å². The summed E-state index contributed by atoms with van der Waals surface area (Å²) in [5.41, 5.74) is 3.54. The summed E-state index contributed by atoms with van der Waals surface area (Å²) in [7, 11) is 0. The maximum Gasteiger partial charge on any atom is 0.339 e. The predicted octanol–water partition coefficient (Wildman–Crippen LogP) is 6.28. The number of aromatic nitrogens is 2. The molecule has 2 aromatic heterocycles. The molecule has 5 rings (SSSR count). The molecule has 1 N–H and O–H groups in total. The fourth-order valence-corrected chi connectivity index (χ4v) is 5.29. The van der Waals surface area contributed by atoms with E-state index < -0.39 is 18.5 Å². The lowest BCUT2D eigenvalue weighted by atomic mass is 10.1. The first kappa shape index (κ1) is 23.7. The van der Waals surface area contributed by atoms with E-state index in [1.165, 1.54) is 22.7 Å². The van der Waals surface area contributed by atoms with E-state index in [1.54, 1.807) is 12.1 Å². The fraction of sp³-hybridized carbons (Fsp3) is 0.111. The zero-order valence-corrected chi connectivity index (χ0v) is 20.9. The molecule has 0 radical (unpaired) electrons. The molecular weight excluding hydrogens is 494 g/mol. The molecule has 7 nitrogen and oxygen atoms in total. The summed E-state index contributed by atoms with van der Waals surface area (Å²) in [5.74, 6) is -0.265. The summed E-state index contributed by atoms with van der Waals surface area (Å²) in [6.45, 7) is 2.11. The summed E-state index contributed by atoms with van der Waals surface area (Å²) < 4.78 is 11.8. The molecule has 9 heteroatoms. The van der Waals surface area contributed by atoms with Crippen molar-refractivity contribution in [2.45, 2.75) is 6.92 Å². The second kappa shape index (κ2) is 10.7. The second-order valence-corrected chi connectivity index (χ2v) is 9.54. The number of para-hydroxylation sites is 1. The van der Waals surface area contributed by atoms with Crippen molar-refractivity contribution in [1.29, 1.82) is 0 Å². The predicted molar refractivity (Wildman–Crippen MR) is 143 cm³/mol. The number of ether oxygens (including phenoxy) is 2. The topological polar surface area (TPSA) is 90.4 Å². The van der Waals surface area contributed by atoms with Crippen LogP contribution in [0.2, 0.25) is 0 Å². The van der Waals surface area contributed by atoms with Crippen LogP contribution < -0.4 is 10.1 Å². The molecule has 0 saturated heterocycles. The largest absolute Gasteiger partial charge is 0.494 e. The van der Waals surface area contributed by atoms with E-state index in [-0.39, 0.29) is 0 Å². The van der Waals surface area contributed by atoms with Crippen molar-refractivity contribution in [3.63, 3.8) is 0 Å². The highest BCUT2D eigenvalue weighted by Gasteiger charge is 2.18. The smallest absolute Gasteiger partial charge is 0.339 e. The Hall–Kier alpha value is -4.08. The van der Waals surface area contributed by atoms with E-state index in [9.17, 15) is 9.59 Å². The Morgan fingerprint density at radius 2 is 1.72 bits per heavy atom. The average Bonchev–Trinajstić information content (AvgIpc) is 3.55. The van der Waals surface area contributed by atoms with Gasteiger partial charge in [-0.1, -0.05) is 30.3 Å². The number of fused-ring (bicyclic) bond motifs is 1. The Bertz CT molecular complexity index is 1490. The van der Waals surface area contributed by atoms with E-state index in [1.807, 2.05) is 73.0 Å². The Kier molecular flexibility index (Phi) is 7.01. The lowest BCUT2D eigenvalue weighted by Gasteiger charge is -2.08. The van der Waals surface area contributed by atoms with Gasteiger partial charge in [-0.25, -0.2) is 14.8 Å². The van der Waals surface area contributed by atoms with E-state index in [0.717, 1.165) is 32.2 Å². The summed E-state index contributed by atoms with van der Waals surface area (Å²) in [5, 5.41) is 5.69. The molecule has 2 heterocycles. The molecule has 180 valence electrons. The van der Waals surface area contributed by atoms with E-state index in [2.05, 4.69) is 15.3 Å². The van der Waals surface area contributed by atoms with Crippen molar-refractivity contribution in [1.82, 2.24) is 9.97 Å². The molecule has 0 spiro atoms. The van der Waals surface area contributed by atoms with Crippen LogP contribution in [0.1, 0.15) is 17.3 Å². The van der Waals surface area contributed by atoms with Gasteiger partial charge in [-0.2, -0.15) is 0 Å². The van der Waals surface area contributed by atoms with E-state index >= 15 is 0 Å². The monoisotopic (exact) mass is 515 g/mol. The number of esters is 1. The molecule has 0 aliphatic rings. The maximum atomic E-state index is 12.8. The van der Waals surface area contributed by atoms with Gasteiger partial charge in [0.25, 0.3) is 5.91 Å². The van der Waals surface area contributed by atoms with Crippen LogP contribution in [-0.4, -0.2) is 35.1 Å². The molecule has 36 heavy (non-hydrogen) atoms. The van der Waals surface area contributed by atoms with Gasteiger partial charge in [0.05, 0.1) is 28.1 Å². The number of hydrogen-bond acceptors (Lipinski definition) is 8. The van der Waals surface area contributed by atoms with Gasteiger partial charge in [-0.3, -0.25) is 10.1 Å². The Morgan fingerprint density at radius 1 is 0.944 bits per heavy atom. The number of rotatable bonds is 8. The lowest BCUT2D eigenvalue weighted by Crippen LogP contribution is -2.21. The minimum absolute atomic E-state index is 0.358. The Labute approximate surface area is 215 Å². The van der Waals surface area contributed by atoms with Crippen LogP contribution in [-0.2, 0) is 9.53 Å². The molecule has 0 saturated carbocycles. The maximum absolute atomic E-state index is 12.8. The summed E-state index contributed by atoms with van der Waals surface area (Å²) >= 11 is 2.80. The number of carbonyl (C=O) groups is 2. The molecule has 0 aliphatic carbocycles. The van der Waals surface area contributed by atoms with E-state index in [4.69, 9.17) is 9.47 Å². The Balaban J connectivity index is 1.22. The average molecular weight is 516 g/mol. The van der Waals surface area contributed by atoms with Gasteiger partial charge in [-0.15, -0.1) is 22.7 Å². The van der Waals surface area contributed by atoms with Crippen LogP contribution in [0.25, 0.3) is 32.0 Å².